The van der Waals surface area contributed by atoms with Crippen LogP contribution in [-0.2, 0) is 6.42 Å². The van der Waals surface area contributed by atoms with Crippen molar-refractivity contribution in [3.05, 3.63) is 65.7 Å². The Balaban J connectivity index is 1.91. The summed E-state index contributed by atoms with van der Waals surface area (Å²) in [6.45, 7) is 5.97. The number of hydrogen-bond acceptors (Lipinski definition) is 2. The number of ether oxygens (including phenoxy) is 1. The lowest BCUT2D eigenvalue weighted by Gasteiger charge is -2.14. The van der Waals surface area contributed by atoms with Crippen LogP contribution in [0.4, 0.5) is 0 Å². The number of rotatable bonds is 8. The van der Waals surface area contributed by atoms with Gasteiger partial charge >= 0.3 is 0 Å². The zero-order valence-corrected chi connectivity index (χ0v) is 13.0. The summed E-state index contributed by atoms with van der Waals surface area (Å²) in [5, 5.41) is 3.45. The van der Waals surface area contributed by atoms with E-state index in [0.29, 0.717) is 12.6 Å². The van der Waals surface area contributed by atoms with Crippen molar-refractivity contribution in [1.82, 2.24) is 5.32 Å². The minimum Gasteiger partial charge on any atom is -0.492 e. The van der Waals surface area contributed by atoms with Crippen LogP contribution in [0.15, 0.2) is 54.6 Å². The van der Waals surface area contributed by atoms with Gasteiger partial charge in [-0.2, -0.15) is 0 Å². The van der Waals surface area contributed by atoms with Crippen molar-refractivity contribution in [3.63, 3.8) is 0 Å². The molecule has 1 unspecified atom stereocenters. The fraction of sp³-hybridized carbons (Fsp3) is 0.368. The van der Waals surface area contributed by atoms with Crippen LogP contribution in [0.25, 0.3) is 0 Å². The average molecular weight is 283 g/mol. The molecule has 0 fully saturated rings. The van der Waals surface area contributed by atoms with Crippen molar-refractivity contribution in [2.45, 2.75) is 32.7 Å². The van der Waals surface area contributed by atoms with Crippen molar-refractivity contribution in [1.29, 1.82) is 0 Å². The Morgan fingerprint density at radius 2 is 1.71 bits per heavy atom. The molecule has 0 amide bonds. The molecule has 0 saturated carbocycles. The molecule has 112 valence electrons. The lowest BCUT2D eigenvalue weighted by molar-refractivity contribution is 0.303. The smallest absolute Gasteiger partial charge is 0.122 e. The van der Waals surface area contributed by atoms with Crippen LogP contribution in [0.2, 0.25) is 0 Å². The van der Waals surface area contributed by atoms with Gasteiger partial charge in [-0.05, 0) is 30.5 Å². The number of para-hydroxylation sites is 1. The molecule has 0 aliphatic rings. The first-order chi connectivity index (χ1) is 10.3. The molecule has 0 aliphatic heterocycles. The second kappa shape index (κ2) is 8.48. The summed E-state index contributed by atoms with van der Waals surface area (Å²) in [6, 6.07) is 19.4. The van der Waals surface area contributed by atoms with E-state index in [1.165, 1.54) is 11.1 Å². The van der Waals surface area contributed by atoms with Crippen LogP contribution in [0, 0.1) is 0 Å². The zero-order valence-electron chi connectivity index (χ0n) is 13.0. The van der Waals surface area contributed by atoms with Gasteiger partial charge in [0.2, 0.25) is 0 Å². The fourth-order valence-corrected chi connectivity index (χ4v) is 2.22. The molecule has 0 aromatic heterocycles. The molecule has 21 heavy (non-hydrogen) atoms. The van der Waals surface area contributed by atoms with Gasteiger partial charge < -0.3 is 10.1 Å². The minimum atomic E-state index is 0.549. The standard InChI is InChI=1S/C19H25NO/c1-3-16(2)20-13-14-21-19-12-8-7-11-18(19)15-17-9-5-4-6-10-17/h4-12,16,20H,3,13-15H2,1-2H3. The Bertz CT molecular complexity index is 524. The van der Waals surface area contributed by atoms with Gasteiger partial charge in [0, 0.05) is 19.0 Å². The van der Waals surface area contributed by atoms with Crippen LogP contribution < -0.4 is 10.1 Å². The van der Waals surface area contributed by atoms with E-state index in [-0.39, 0.29) is 0 Å². The van der Waals surface area contributed by atoms with Gasteiger partial charge in [0.1, 0.15) is 12.4 Å². The molecule has 0 bridgehead atoms. The summed E-state index contributed by atoms with van der Waals surface area (Å²) in [6.07, 6.45) is 2.06. The highest BCUT2D eigenvalue weighted by Crippen LogP contribution is 2.21. The zero-order chi connectivity index (χ0) is 14.9. The third kappa shape index (κ3) is 5.24. The van der Waals surface area contributed by atoms with Crippen LogP contribution in [0.1, 0.15) is 31.4 Å². The summed E-state index contributed by atoms with van der Waals surface area (Å²) in [4.78, 5) is 0. The number of nitrogens with one attached hydrogen (secondary N) is 1. The van der Waals surface area contributed by atoms with E-state index in [2.05, 4.69) is 61.6 Å². The fourth-order valence-electron chi connectivity index (χ4n) is 2.22. The van der Waals surface area contributed by atoms with Crippen molar-refractivity contribution >= 4 is 0 Å². The van der Waals surface area contributed by atoms with Gasteiger partial charge in [-0.15, -0.1) is 0 Å². The Labute approximate surface area is 128 Å². The molecule has 0 radical (unpaired) electrons. The van der Waals surface area contributed by atoms with Crippen LogP contribution in [-0.4, -0.2) is 19.2 Å². The Morgan fingerprint density at radius 1 is 1.00 bits per heavy atom. The van der Waals surface area contributed by atoms with Crippen molar-refractivity contribution < 1.29 is 4.74 Å². The molecule has 0 saturated heterocycles. The molecule has 0 heterocycles. The maximum Gasteiger partial charge on any atom is 0.122 e. The molecule has 2 heteroatoms. The summed E-state index contributed by atoms with van der Waals surface area (Å²) in [7, 11) is 0. The van der Waals surface area contributed by atoms with E-state index >= 15 is 0 Å². The molecular formula is C19H25NO. The summed E-state index contributed by atoms with van der Waals surface area (Å²) >= 11 is 0. The van der Waals surface area contributed by atoms with Gasteiger partial charge in [0.15, 0.2) is 0 Å². The van der Waals surface area contributed by atoms with E-state index in [1.54, 1.807) is 0 Å². The minimum absolute atomic E-state index is 0.549. The lowest BCUT2D eigenvalue weighted by Crippen LogP contribution is -2.29. The van der Waals surface area contributed by atoms with Gasteiger partial charge in [0.05, 0.1) is 0 Å². The Morgan fingerprint density at radius 3 is 2.48 bits per heavy atom. The maximum atomic E-state index is 5.94. The molecule has 2 aromatic carbocycles. The monoisotopic (exact) mass is 283 g/mol. The van der Waals surface area contributed by atoms with E-state index in [1.807, 2.05) is 12.1 Å². The molecule has 1 atom stereocenters. The summed E-state index contributed by atoms with van der Waals surface area (Å²) < 4.78 is 5.94. The van der Waals surface area contributed by atoms with Crippen molar-refractivity contribution in [3.8, 4) is 5.75 Å². The Hall–Kier alpha value is -1.80. The second-order valence-electron chi connectivity index (χ2n) is 5.38. The van der Waals surface area contributed by atoms with Gasteiger partial charge in [-0.1, -0.05) is 55.5 Å². The van der Waals surface area contributed by atoms with E-state index in [9.17, 15) is 0 Å². The summed E-state index contributed by atoms with van der Waals surface area (Å²) in [5.41, 5.74) is 2.55. The molecule has 1 N–H and O–H groups in total. The average Bonchev–Trinajstić information content (AvgIpc) is 2.53. The number of hydrogen-bond donors (Lipinski definition) is 1. The van der Waals surface area contributed by atoms with Gasteiger partial charge in [0.25, 0.3) is 0 Å². The molecule has 2 aromatic rings. The lowest BCUT2D eigenvalue weighted by atomic mass is 10.0. The molecule has 2 rings (SSSR count). The first-order valence-electron chi connectivity index (χ1n) is 7.77. The maximum absolute atomic E-state index is 5.94. The van der Waals surface area contributed by atoms with Crippen LogP contribution in [0.3, 0.4) is 0 Å². The van der Waals surface area contributed by atoms with Gasteiger partial charge in [-0.3, -0.25) is 0 Å². The first-order valence-corrected chi connectivity index (χ1v) is 7.77. The summed E-state index contributed by atoms with van der Waals surface area (Å²) in [5.74, 6) is 0.993. The van der Waals surface area contributed by atoms with Crippen LogP contribution in [0.5, 0.6) is 5.75 Å². The van der Waals surface area contributed by atoms with E-state index in [0.717, 1.165) is 25.1 Å². The molecule has 0 aliphatic carbocycles. The van der Waals surface area contributed by atoms with E-state index < -0.39 is 0 Å². The third-order valence-electron chi connectivity index (χ3n) is 3.67. The highest BCUT2D eigenvalue weighted by Gasteiger charge is 2.04. The normalized spacial score (nSPS) is 12.1. The topological polar surface area (TPSA) is 21.3 Å². The third-order valence-corrected chi connectivity index (χ3v) is 3.67. The predicted octanol–water partition coefficient (Wildman–Crippen LogP) is 4.04. The Kier molecular flexibility index (Phi) is 6.29. The van der Waals surface area contributed by atoms with Gasteiger partial charge in [-0.25, -0.2) is 0 Å². The number of benzene rings is 2. The quantitative estimate of drug-likeness (QED) is 0.738. The molecule has 0 spiro atoms. The van der Waals surface area contributed by atoms with Crippen molar-refractivity contribution in [2.24, 2.45) is 0 Å². The predicted molar refractivity (Wildman–Crippen MR) is 88.9 cm³/mol. The molecular weight excluding hydrogens is 258 g/mol. The van der Waals surface area contributed by atoms with Crippen molar-refractivity contribution in [2.75, 3.05) is 13.2 Å². The first kappa shape index (κ1) is 15.6. The largest absolute Gasteiger partial charge is 0.492 e. The highest BCUT2D eigenvalue weighted by molar-refractivity contribution is 5.37. The SMILES string of the molecule is CCC(C)NCCOc1ccccc1Cc1ccccc1. The molecule has 2 nitrogen and oxygen atoms in total. The second-order valence-corrected chi connectivity index (χ2v) is 5.38. The van der Waals surface area contributed by atoms with E-state index in [4.69, 9.17) is 4.74 Å². The van der Waals surface area contributed by atoms with Crippen LogP contribution >= 0.6 is 0 Å². The highest BCUT2D eigenvalue weighted by atomic mass is 16.5.